The van der Waals surface area contributed by atoms with E-state index in [1.165, 1.54) is 10.9 Å². The number of esters is 3. The normalized spacial score (nSPS) is 13.0. The minimum Gasteiger partial charge on any atom is -0.459 e. The zero-order valence-electron chi connectivity index (χ0n) is 23.3. The number of benzene rings is 3. The summed E-state index contributed by atoms with van der Waals surface area (Å²) in [4.78, 5) is 51.2. The zero-order valence-corrected chi connectivity index (χ0v) is 24.0. The molecular formula is C31H26ClN5O7. The van der Waals surface area contributed by atoms with Gasteiger partial charge in [0.05, 0.1) is 16.7 Å². The minimum absolute atomic E-state index is 0.00890. The van der Waals surface area contributed by atoms with Crippen molar-refractivity contribution in [2.24, 2.45) is 0 Å². The average Bonchev–Trinajstić information content (AvgIpc) is 3.47. The highest BCUT2D eigenvalue weighted by molar-refractivity contribution is 6.28. The molecule has 2 N–H and O–H groups in total. The molecule has 0 saturated carbocycles. The molecule has 0 aliphatic carbocycles. The van der Waals surface area contributed by atoms with Crippen molar-refractivity contribution in [1.29, 1.82) is 0 Å². The third-order valence-corrected chi connectivity index (χ3v) is 6.54. The predicted molar refractivity (Wildman–Crippen MR) is 159 cm³/mol. The number of carbonyl (C=O) groups is 3. The molecule has 44 heavy (non-hydrogen) atoms. The van der Waals surface area contributed by atoms with E-state index in [1.54, 1.807) is 97.9 Å². The van der Waals surface area contributed by atoms with Crippen LogP contribution in [0.15, 0.2) is 97.3 Å². The second kappa shape index (κ2) is 13.8. The predicted octanol–water partition coefficient (Wildman–Crippen LogP) is 4.86. The lowest BCUT2D eigenvalue weighted by Crippen LogP contribution is -2.39. The van der Waals surface area contributed by atoms with Crippen molar-refractivity contribution in [1.82, 2.24) is 19.5 Å². The molecule has 1 unspecified atom stereocenters. The molecule has 5 aromatic rings. The molecule has 3 atom stereocenters. The van der Waals surface area contributed by atoms with Gasteiger partial charge in [-0.2, -0.15) is 9.97 Å². The number of anilines is 1. The first-order valence-corrected chi connectivity index (χ1v) is 13.7. The van der Waals surface area contributed by atoms with Crippen LogP contribution in [0.1, 0.15) is 44.4 Å². The SMILES string of the molecule is CC(OC(=O)c1ccccc1)[C@@H](COC(=O)c1ccccc1)O[C@@H](OC(=O)c1ccccc1)n1cnc2c(N)nc(Cl)nc21. The van der Waals surface area contributed by atoms with Crippen molar-refractivity contribution >= 4 is 46.5 Å². The van der Waals surface area contributed by atoms with Crippen LogP contribution in [0.3, 0.4) is 0 Å². The highest BCUT2D eigenvalue weighted by Gasteiger charge is 2.32. The Balaban J connectivity index is 1.47. The monoisotopic (exact) mass is 615 g/mol. The van der Waals surface area contributed by atoms with Gasteiger partial charge in [0.25, 0.3) is 6.41 Å². The number of imidazole rings is 1. The molecule has 12 nitrogen and oxygen atoms in total. The fraction of sp³-hybridized carbons (Fsp3) is 0.161. The Kier molecular flexibility index (Phi) is 9.43. The van der Waals surface area contributed by atoms with E-state index in [9.17, 15) is 14.4 Å². The number of carbonyl (C=O) groups excluding carboxylic acids is 3. The second-order valence-electron chi connectivity index (χ2n) is 9.40. The number of aromatic nitrogens is 4. The zero-order chi connectivity index (χ0) is 31.1. The van der Waals surface area contributed by atoms with E-state index >= 15 is 0 Å². The molecule has 0 radical (unpaired) electrons. The lowest BCUT2D eigenvalue weighted by molar-refractivity contribution is -0.211. The molecule has 224 valence electrons. The van der Waals surface area contributed by atoms with Crippen molar-refractivity contribution < 1.29 is 33.3 Å². The van der Waals surface area contributed by atoms with E-state index < -0.39 is 36.5 Å². The van der Waals surface area contributed by atoms with Crippen molar-refractivity contribution in [3.63, 3.8) is 0 Å². The number of hydrogen-bond acceptors (Lipinski definition) is 11. The van der Waals surface area contributed by atoms with Gasteiger partial charge in [-0.25, -0.2) is 19.4 Å². The van der Waals surface area contributed by atoms with E-state index in [0.29, 0.717) is 11.1 Å². The van der Waals surface area contributed by atoms with Crippen molar-refractivity contribution in [2.45, 2.75) is 25.5 Å². The van der Waals surface area contributed by atoms with Gasteiger partial charge in [-0.05, 0) is 54.9 Å². The molecule has 13 heteroatoms. The van der Waals surface area contributed by atoms with Crippen LogP contribution in [-0.4, -0.2) is 56.2 Å². The number of hydrogen-bond donors (Lipinski definition) is 1. The summed E-state index contributed by atoms with van der Waals surface area (Å²) in [5.41, 5.74) is 7.09. The first-order valence-electron chi connectivity index (χ1n) is 13.4. The van der Waals surface area contributed by atoms with Gasteiger partial charge in [0.2, 0.25) is 5.28 Å². The molecule has 5 rings (SSSR count). The highest BCUT2D eigenvalue weighted by Crippen LogP contribution is 2.26. The summed E-state index contributed by atoms with van der Waals surface area (Å²) in [7, 11) is 0. The Morgan fingerprint density at radius 2 is 1.32 bits per heavy atom. The fourth-order valence-electron chi connectivity index (χ4n) is 4.09. The van der Waals surface area contributed by atoms with E-state index in [-0.39, 0.29) is 34.4 Å². The number of halogens is 1. The Hall–Kier alpha value is -5.33. The lowest BCUT2D eigenvalue weighted by Gasteiger charge is -2.29. The summed E-state index contributed by atoms with van der Waals surface area (Å²) in [6.07, 6.45) is -2.45. The van der Waals surface area contributed by atoms with Gasteiger partial charge < -0.3 is 24.7 Å². The molecule has 0 fully saturated rings. The summed E-state index contributed by atoms with van der Waals surface area (Å²) in [5, 5.41) is -0.177. The summed E-state index contributed by atoms with van der Waals surface area (Å²) >= 11 is 6.07. The highest BCUT2D eigenvalue weighted by atomic mass is 35.5. The Morgan fingerprint density at radius 1 is 0.795 bits per heavy atom. The molecule has 0 aliphatic heterocycles. The van der Waals surface area contributed by atoms with Gasteiger partial charge in [0.15, 0.2) is 17.0 Å². The molecule has 2 heterocycles. The van der Waals surface area contributed by atoms with Crippen molar-refractivity contribution in [3.8, 4) is 0 Å². The third-order valence-electron chi connectivity index (χ3n) is 6.37. The van der Waals surface area contributed by atoms with Crippen LogP contribution in [0.5, 0.6) is 0 Å². The van der Waals surface area contributed by atoms with E-state index in [1.807, 2.05) is 0 Å². The maximum Gasteiger partial charge on any atom is 0.341 e. The molecule has 0 amide bonds. The number of nitrogen functional groups attached to an aromatic ring is 1. The first-order chi connectivity index (χ1) is 21.3. The summed E-state index contributed by atoms with van der Waals surface area (Å²) in [5.74, 6) is -2.04. The third kappa shape index (κ3) is 7.17. The van der Waals surface area contributed by atoms with E-state index in [2.05, 4.69) is 15.0 Å². The molecular weight excluding hydrogens is 590 g/mol. The van der Waals surface area contributed by atoms with Gasteiger partial charge >= 0.3 is 17.9 Å². The maximum atomic E-state index is 13.2. The van der Waals surface area contributed by atoms with Gasteiger partial charge in [-0.3, -0.25) is 4.57 Å². The van der Waals surface area contributed by atoms with Crippen LogP contribution in [0.2, 0.25) is 5.28 Å². The number of fused-ring (bicyclic) bond motifs is 1. The first kappa shape index (κ1) is 30.1. The van der Waals surface area contributed by atoms with Crippen LogP contribution in [-0.2, 0) is 18.9 Å². The Bertz CT molecular complexity index is 1750. The summed E-state index contributed by atoms with van der Waals surface area (Å²) in [6, 6.07) is 24.9. The topological polar surface area (TPSA) is 158 Å². The Morgan fingerprint density at radius 3 is 1.89 bits per heavy atom. The standard InChI is InChI=1S/C31H26ClN5O7/c1-19(42-28(39)21-13-7-3-8-14-21)23(17-41-27(38)20-11-5-2-6-12-20)43-31(44-29(40)22-15-9-4-10-16-22)37-18-34-24-25(33)35-30(32)36-26(24)37/h2-16,18-19,23,31H,17H2,1H3,(H2,33,35,36)/t19?,23-,31+/m1/s1. The average molecular weight is 616 g/mol. The van der Waals surface area contributed by atoms with Gasteiger partial charge in [-0.1, -0.05) is 54.6 Å². The number of nitrogens with zero attached hydrogens (tertiary/aromatic N) is 4. The molecule has 2 aromatic heterocycles. The summed E-state index contributed by atoms with van der Waals surface area (Å²) in [6.45, 7) is 1.17. The van der Waals surface area contributed by atoms with Crippen LogP contribution in [0, 0.1) is 0 Å². The van der Waals surface area contributed by atoms with Crippen LogP contribution >= 0.6 is 11.6 Å². The quantitative estimate of drug-likeness (QED) is 0.0935. The smallest absolute Gasteiger partial charge is 0.341 e. The van der Waals surface area contributed by atoms with Crippen LogP contribution < -0.4 is 5.73 Å². The van der Waals surface area contributed by atoms with E-state index in [4.69, 9.17) is 36.3 Å². The maximum absolute atomic E-state index is 13.2. The van der Waals surface area contributed by atoms with Crippen LogP contribution in [0.4, 0.5) is 5.82 Å². The Labute approximate surface area is 256 Å². The number of ether oxygens (including phenoxy) is 4. The van der Waals surface area contributed by atoms with E-state index in [0.717, 1.165) is 0 Å². The molecule has 3 aromatic carbocycles. The van der Waals surface area contributed by atoms with Crippen LogP contribution in [0.25, 0.3) is 11.2 Å². The van der Waals surface area contributed by atoms with Crippen molar-refractivity contribution in [2.75, 3.05) is 12.3 Å². The number of rotatable bonds is 11. The molecule has 0 spiro atoms. The molecule has 0 saturated heterocycles. The van der Waals surface area contributed by atoms with Gasteiger partial charge in [0.1, 0.15) is 25.1 Å². The second-order valence-corrected chi connectivity index (χ2v) is 9.73. The fourth-order valence-corrected chi connectivity index (χ4v) is 4.26. The molecule has 0 aliphatic rings. The van der Waals surface area contributed by atoms with Gasteiger partial charge in [-0.15, -0.1) is 0 Å². The minimum atomic E-state index is -1.56. The number of nitrogens with two attached hydrogens (primary N) is 1. The lowest BCUT2D eigenvalue weighted by atomic mass is 10.2. The largest absolute Gasteiger partial charge is 0.459 e. The molecule has 0 bridgehead atoms. The van der Waals surface area contributed by atoms with Gasteiger partial charge in [0, 0.05) is 0 Å². The van der Waals surface area contributed by atoms with Crippen molar-refractivity contribution in [3.05, 3.63) is 119 Å². The summed E-state index contributed by atoms with van der Waals surface area (Å²) < 4.78 is 24.5.